The van der Waals surface area contributed by atoms with Crippen molar-refractivity contribution in [2.75, 3.05) is 24.3 Å². The van der Waals surface area contributed by atoms with E-state index in [1.54, 1.807) is 0 Å². The van der Waals surface area contributed by atoms with E-state index < -0.39 is 0 Å². The fourth-order valence-electron chi connectivity index (χ4n) is 2.26. The van der Waals surface area contributed by atoms with Gasteiger partial charge in [0.2, 0.25) is 11.8 Å². The van der Waals surface area contributed by atoms with E-state index in [4.69, 9.17) is 0 Å². The van der Waals surface area contributed by atoms with Crippen LogP contribution >= 0.6 is 0 Å². The maximum Gasteiger partial charge on any atom is 0.233 e. The van der Waals surface area contributed by atoms with E-state index >= 15 is 0 Å². The van der Waals surface area contributed by atoms with Crippen molar-refractivity contribution in [3.05, 3.63) is 59.7 Å². The summed E-state index contributed by atoms with van der Waals surface area (Å²) in [4.78, 5) is 25.8. The minimum absolute atomic E-state index is 0.193. The van der Waals surface area contributed by atoms with Gasteiger partial charge in [-0.15, -0.1) is 0 Å². The van der Waals surface area contributed by atoms with Gasteiger partial charge in [0, 0.05) is 32.0 Å². The van der Waals surface area contributed by atoms with Crippen LogP contribution in [-0.2, 0) is 16.1 Å². The zero-order chi connectivity index (χ0) is 17.5. The Hall–Kier alpha value is -2.82. The standard InChI is InChI=1S/C19H23N3O2/c1-14-6-4-5-7-15(14)13-20-18(23)12-19(24)21-16-8-10-17(11-9-16)22(2)3/h4-11H,12-13H2,1-3H3,(H,20,23)(H,21,24). The number of hydrogen-bond acceptors (Lipinski definition) is 3. The highest BCUT2D eigenvalue weighted by Gasteiger charge is 2.10. The Balaban J connectivity index is 1.81. The summed E-state index contributed by atoms with van der Waals surface area (Å²) in [6.45, 7) is 2.42. The highest BCUT2D eigenvalue weighted by atomic mass is 16.2. The molecule has 0 unspecified atom stereocenters. The molecule has 2 amide bonds. The zero-order valence-electron chi connectivity index (χ0n) is 14.3. The number of aryl methyl sites for hydroxylation is 1. The lowest BCUT2D eigenvalue weighted by molar-refractivity contribution is -0.126. The third-order valence-electron chi connectivity index (χ3n) is 3.73. The lowest BCUT2D eigenvalue weighted by Crippen LogP contribution is -2.28. The van der Waals surface area contributed by atoms with Crippen LogP contribution in [0.15, 0.2) is 48.5 Å². The monoisotopic (exact) mass is 325 g/mol. The summed E-state index contributed by atoms with van der Waals surface area (Å²) in [5.74, 6) is -0.615. The average Bonchev–Trinajstić information content (AvgIpc) is 2.54. The molecule has 0 heterocycles. The van der Waals surface area contributed by atoms with Gasteiger partial charge in [0.15, 0.2) is 0 Å². The Morgan fingerprint density at radius 3 is 2.25 bits per heavy atom. The maximum atomic E-state index is 11.9. The molecule has 0 bridgehead atoms. The first-order valence-electron chi connectivity index (χ1n) is 7.84. The highest BCUT2D eigenvalue weighted by molar-refractivity contribution is 6.03. The smallest absolute Gasteiger partial charge is 0.233 e. The molecule has 2 rings (SSSR count). The molecular weight excluding hydrogens is 302 g/mol. The van der Waals surface area contributed by atoms with E-state index in [1.807, 2.05) is 74.4 Å². The normalized spacial score (nSPS) is 10.1. The second kappa shape index (κ2) is 8.15. The molecule has 0 aliphatic carbocycles. The van der Waals surface area contributed by atoms with E-state index in [0.29, 0.717) is 12.2 Å². The summed E-state index contributed by atoms with van der Waals surface area (Å²) < 4.78 is 0. The Kier molecular flexibility index (Phi) is 5.95. The van der Waals surface area contributed by atoms with Crippen LogP contribution in [0.4, 0.5) is 11.4 Å². The average molecular weight is 325 g/mol. The number of hydrogen-bond donors (Lipinski definition) is 2. The number of benzene rings is 2. The zero-order valence-corrected chi connectivity index (χ0v) is 14.3. The van der Waals surface area contributed by atoms with E-state index in [2.05, 4.69) is 10.6 Å². The maximum absolute atomic E-state index is 11.9. The Morgan fingerprint density at radius 2 is 1.62 bits per heavy atom. The highest BCUT2D eigenvalue weighted by Crippen LogP contribution is 2.15. The number of carbonyl (C=O) groups excluding carboxylic acids is 2. The fourth-order valence-corrected chi connectivity index (χ4v) is 2.26. The number of anilines is 2. The van der Waals surface area contributed by atoms with Crippen molar-refractivity contribution in [1.82, 2.24) is 5.32 Å². The van der Waals surface area contributed by atoms with Gasteiger partial charge in [-0.05, 0) is 42.3 Å². The first-order chi connectivity index (χ1) is 11.5. The molecule has 2 aromatic rings. The second-order valence-electron chi connectivity index (χ2n) is 5.87. The van der Waals surface area contributed by atoms with Gasteiger partial charge >= 0.3 is 0 Å². The van der Waals surface area contributed by atoms with E-state index in [0.717, 1.165) is 16.8 Å². The molecule has 0 saturated heterocycles. The van der Waals surface area contributed by atoms with Crippen LogP contribution in [-0.4, -0.2) is 25.9 Å². The van der Waals surface area contributed by atoms with Crippen LogP contribution in [0.5, 0.6) is 0 Å². The largest absolute Gasteiger partial charge is 0.378 e. The van der Waals surface area contributed by atoms with Crippen LogP contribution in [0.25, 0.3) is 0 Å². The number of nitrogens with zero attached hydrogens (tertiary/aromatic N) is 1. The molecule has 0 fully saturated rings. The topological polar surface area (TPSA) is 61.4 Å². The fraction of sp³-hybridized carbons (Fsp3) is 0.263. The summed E-state index contributed by atoms with van der Waals surface area (Å²) >= 11 is 0. The molecule has 0 aliphatic heterocycles. The molecule has 5 heteroatoms. The van der Waals surface area contributed by atoms with Crippen molar-refractivity contribution >= 4 is 23.2 Å². The minimum Gasteiger partial charge on any atom is -0.378 e. The first kappa shape index (κ1) is 17.5. The molecule has 0 saturated carbocycles. The summed E-state index contributed by atoms with van der Waals surface area (Å²) in [5, 5.41) is 5.50. The molecule has 24 heavy (non-hydrogen) atoms. The lowest BCUT2D eigenvalue weighted by atomic mass is 10.1. The van der Waals surface area contributed by atoms with Gasteiger partial charge in [0.25, 0.3) is 0 Å². The van der Waals surface area contributed by atoms with Crippen molar-refractivity contribution in [2.24, 2.45) is 0 Å². The molecule has 2 aromatic carbocycles. The summed E-state index contributed by atoms with van der Waals surface area (Å²) in [5.41, 5.74) is 3.88. The number of carbonyl (C=O) groups is 2. The van der Waals surface area contributed by atoms with Gasteiger partial charge in [0.1, 0.15) is 6.42 Å². The number of amides is 2. The molecule has 2 N–H and O–H groups in total. The number of nitrogens with one attached hydrogen (secondary N) is 2. The third kappa shape index (κ3) is 5.12. The molecule has 0 aliphatic rings. The SMILES string of the molecule is Cc1ccccc1CNC(=O)CC(=O)Nc1ccc(N(C)C)cc1. The Bertz CT molecular complexity index is 709. The molecule has 0 atom stereocenters. The van der Waals surface area contributed by atoms with Crippen molar-refractivity contribution < 1.29 is 9.59 Å². The van der Waals surface area contributed by atoms with Gasteiger partial charge in [0.05, 0.1) is 0 Å². The van der Waals surface area contributed by atoms with Gasteiger partial charge in [-0.25, -0.2) is 0 Å². The van der Waals surface area contributed by atoms with Gasteiger partial charge in [-0.3, -0.25) is 9.59 Å². The lowest BCUT2D eigenvalue weighted by Gasteiger charge is -2.13. The quantitative estimate of drug-likeness (QED) is 0.803. The Morgan fingerprint density at radius 1 is 0.958 bits per heavy atom. The van der Waals surface area contributed by atoms with E-state index in [-0.39, 0.29) is 18.2 Å². The molecular formula is C19H23N3O2. The van der Waals surface area contributed by atoms with E-state index in [1.165, 1.54) is 0 Å². The molecule has 5 nitrogen and oxygen atoms in total. The van der Waals surface area contributed by atoms with Crippen LogP contribution < -0.4 is 15.5 Å². The van der Waals surface area contributed by atoms with Gasteiger partial charge in [-0.2, -0.15) is 0 Å². The Labute approximate surface area is 142 Å². The molecule has 0 aromatic heterocycles. The van der Waals surface area contributed by atoms with Crippen LogP contribution in [0, 0.1) is 6.92 Å². The van der Waals surface area contributed by atoms with Crippen molar-refractivity contribution in [3.8, 4) is 0 Å². The van der Waals surface area contributed by atoms with Gasteiger partial charge in [-0.1, -0.05) is 24.3 Å². The minimum atomic E-state index is -0.324. The van der Waals surface area contributed by atoms with Crippen LogP contribution in [0.3, 0.4) is 0 Å². The summed E-state index contributed by atoms with van der Waals surface area (Å²) in [6, 6.07) is 15.3. The van der Waals surface area contributed by atoms with E-state index in [9.17, 15) is 9.59 Å². The molecule has 126 valence electrons. The third-order valence-corrected chi connectivity index (χ3v) is 3.73. The summed E-state index contributed by atoms with van der Waals surface area (Å²) in [7, 11) is 3.90. The summed E-state index contributed by atoms with van der Waals surface area (Å²) in [6.07, 6.45) is -0.193. The molecule has 0 radical (unpaired) electrons. The van der Waals surface area contributed by atoms with Crippen molar-refractivity contribution in [2.45, 2.75) is 19.9 Å². The first-order valence-corrected chi connectivity index (χ1v) is 7.84. The molecule has 0 spiro atoms. The predicted molar refractivity (Wildman–Crippen MR) is 97.0 cm³/mol. The van der Waals surface area contributed by atoms with Gasteiger partial charge < -0.3 is 15.5 Å². The number of rotatable bonds is 6. The van der Waals surface area contributed by atoms with Crippen molar-refractivity contribution in [3.63, 3.8) is 0 Å². The predicted octanol–water partition coefficient (Wildman–Crippen LogP) is 2.71. The van der Waals surface area contributed by atoms with Crippen molar-refractivity contribution in [1.29, 1.82) is 0 Å². The van der Waals surface area contributed by atoms with Crippen LogP contribution in [0.2, 0.25) is 0 Å². The second-order valence-corrected chi connectivity index (χ2v) is 5.87. The van der Waals surface area contributed by atoms with Crippen LogP contribution in [0.1, 0.15) is 17.5 Å².